The lowest BCUT2D eigenvalue weighted by atomic mass is 9.63. The van der Waals surface area contributed by atoms with Gasteiger partial charge in [0.2, 0.25) is 0 Å². The maximum Gasteiger partial charge on any atom is 0.175 e. The molecule has 0 heterocycles. The van der Waals surface area contributed by atoms with Crippen LogP contribution in [0.5, 0.6) is 0 Å². The highest BCUT2D eigenvalue weighted by Gasteiger charge is 2.51. The van der Waals surface area contributed by atoms with Crippen LogP contribution in [0.4, 0.5) is 0 Å². The standard InChI is InChI=1S/C17H19NO3/c18-14-13(15(19)10-6-2-1-3-7-10)16(20)11-8-4-5-9-12(11)17(14)21/h1-3,6-7,11-14H,4-5,8-9,18H2/t11-,12+,13-,14+/m0/s1. The molecule has 110 valence electrons. The summed E-state index contributed by atoms with van der Waals surface area (Å²) in [6, 6.07) is 7.65. The first kappa shape index (κ1) is 14.1. The Morgan fingerprint density at radius 2 is 1.52 bits per heavy atom. The molecule has 0 aliphatic heterocycles. The fraction of sp³-hybridized carbons (Fsp3) is 0.471. The molecular formula is C17H19NO3. The van der Waals surface area contributed by atoms with Gasteiger partial charge in [-0.1, -0.05) is 43.2 Å². The van der Waals surface area contributed by atoms with Crippen LogP contribution in [-0.2, 0) is 9.59 Å². The molecule has 2 aliphatic carbocycles. The molecule has 4 nitrogen and oxygen atoms in total. The van der Waals surface area contributed by atoms with Gasteiger partial charge in [0.05, 0.1) is 6.04 Å². The summed E-state index contributed by atoms with van der Waals surface area (Å²) in [5.74, 6) is -2.11. The van der Waals surface area contributed by atoms with E-state index in [2.05, 4.69) is 0 Å². The van der Waals surface area contributed by atoms with Crippen molar-refractivity contribution in [2.75, 3.05) is 0 Å². The van der Waals surface area contributed by atoms with Gasteiger partial charge in [0.25, 0.3) is 0 Å². The van der Waals surface area contributed by atoms with E-state index in [1.54, 1.807) is 24.3 Å². The summed E-state index contributed by atoms with van der Waals surface area (Å²) in [6.07, 6.45) is 3.35. The number of Topliss-reactive ketones (excluding diaryl/α,β-unsaturated/α-hetero) is 3. The third kappa shape index (κ3) is 2.33. The molecule has 1 aromatic rings. The first-order valence-electron chi connectivity index (χ1n) is 7.53. The van der Waals surface area contributed by atoms with Gasteiger partial charge in [-0.3, -0.25) is 14.4 Å². The third-order valence-electron chi connectivity index (χ3n) is 4.83. The minimum Gasteiger partial charge on any atom is -0.321 e. The maximum atomic E-state index is 12.7. The number of carbonyl (C=O) groups is 3. The van der Waals surface area contributed by atoms with Crippen LogP contribution in [0.15, 0.2) is 30.3 Å². The van der Waals surface area contributed by atoms with Crippen molar-refractivity contribution >= 4 is 17.3 Å². The summed E-state index contributed by atoms with van der Waals surface area (Å²) in [4.78, 5) is 37.7. The minimum absolute atomic E-state index is 0.103. The quantitative estimate of drug-likeness (QED) is 0.663. The number of fused-ring (bicyclic) bond motifs is 1. The largest absolute Gasteiger partial charge is 0.321 e. The predicted molar refractivity (Wildman–Crippen MR) is 77.7 cm³/mol. The van der Waals surface area contributed by atoms with Crippen LogP contribution in [-0.4, -0.2) is 23.4 Å². The van der Waals surface area contributed by atoms with E-state index in [4.69, 9.17) is 5.73 Å². The van der Waals surface area contributed by atoms with E-state index in [1.807, 2.05) is 6.07 Å². The van der Waals surface area contributed by atoms with Crippen molar-refractivity contribution in [2.45, 2.75) is 31.7 Å². The lowest BCUT2D eigenvalue weighted by Crippen LogP contribution is -2.57. The van der Waals surface area contributed by atoms with E-state index in [9.17, 15) is 14.4 Å². The van der Waals surface area contributed by atoms with Crippen molar-refractivity contribution in [3.05, 3.63) is 35.9 Å². The monoisotopic (exact) mass is 285 g/mol. The summed E-state index contributed by atoms with van der Waals surface area (Å²) < 4.78 is 0. The van der Waals surface area contributed by atoms with Gasteiger partial charge in [0, 0.05) is 17.4 Å². The SMILES string of the molecule is N[C@H]1C(=O)[C@@H]2CCCC[C@@H]2C(=O)[C@@H]1C(=O)c1ccccc1. The number of benzene rings is 1. The van der Waals surface area contributed by atoms with E-state index < -0.39 is 12.0 Å². The Labute approximate surface area is 123 Å². The molecule has 4 atom stereocenters. The first-order valence-corrected chi connectivity index (χ1v) is 7.53. The maximum absolute atomic E-state index is 12.7. The molecule has 0 radical (unpaired) electrons. The Morgan fingerprint density at radius 3 is 2.14 bits per heavy atom. The topological polar surface area (TPSA) is 77.2 Å². The lowest BCUT2D eigenvalue weighted by molar-refractivity contribution is -0.143. The molecular weight excluding hydrogens is 266 g/mol. The average Bonchev–Trinajstić information content (AvgIpc) is 2.53. The molecule has 0 amide bonds. The highest BCUT2D eigenvalue weighted by Crippen LogP contribution is 2.39. The number of rotatable bonds is 2. The molecule has 2 aliphatic rings. The number of hydrogen-bond donors (Lipinski definition) is 1. The zero-order chi connectivity index (χ0) is 15.0. The van der Waals surface area contributed by atoms with E-state index in [1.165, 1.54) is 0 Å². The second kappa shape index (κ2) is 5.53. The van der Waals surface area contributed by atoms with Crippen LogP contribution < -0.4 is 5.73 Å². The Bertz CT molecular complexity index is 581. The van der Waals surface area contributed by atoms with Crippen LogP contribution in [0.1, 0.15) is 36.0 Å². The number of carbonyl (C=O) groups excluding carboxylic acids is 3. The zero-order valence-electron chi connectivity index (χ0n) is 11.8. The number of ketones is 3. The van der Waals surface area contributed by atoms with Crippen molar-refractivity contribution in [1.82, 2.24) is 0 Å². The molecule has 1 aromatic carbocycles. The summed E-state index contributed by atoms with van der Waals surface area (Å²) >= 11 is 0. The van der Waals surface area contributed by atoms with Crippen molar-refractivity contribution in [2.24, 2.45) is 23.5 Å². The van der Waals surface area contributed by atoms with Gasteiger partial charge in [-0.05, 0) is 12.8 Å². The van der Waals surface area contributed by atoms with E-state index in [0.717, 1.165) is 19.3 Å². The predicted octanol–water partition coefficient (Wildman–Crippen LogP) is 1.77. The van der Waals surface area contributed by atoms with Crippen LogP contribution in [0.2, 0.25) is 0 Å². The van der Waals surface area contributed by atoms with Crippen LogP contribution in [0, 0.1) is 17.8 Å². The fourth-order valence-electron chi connectivity index (χ4n) is 3.71. The van der Waals surface area contributed by atoms with Crippen molar-refractivity contribution < 1.29 is 14.4 Å². The summed E-state index contributed by atoms with van der Waals surface area (Å²) in [7, 11) is 0. The van der Waals surface area contributed by atoms with Crippen molar-refractivity contribution in [3.63, 3.8) is 0 Å². The normalized spacial score (nSPS) is 32.6. The Balaban J connectivity index is 1.92. The summed E-state index contributed by atoms with van der Waals surface area (Å²) in [5, 5.41) is 0. The lowest BCUT2D eigenvalue weighted by Gasteiger charge is -2.39. The van der Waals surface area contributed by atoms with Gasteiger partial charge in [-0.15, -0.1) is 0 Å². The Morgan fingerprint density at radius 1 is 0.952 bits per heavy atom. The molecule has 0 aromatic heterocycles. The number of nitrogens with two attached hydrogens (primary N) is 1. The zero-order valence-corrected chi connectivity index (χ0v) is 11.8. The second-order valence-corrected chi connectivity index (χ2v) is 6.04. The van der Waals surface area contributed by atoms with E-state index in [0.29, 0.717) is 12.0 Å². The molecule has 21 heavy (non-hydrogen) atoms. The van der Waals surface area contributed by atoms with Gasteiger partial charge in [0.15, 0.2) is 11.6 Å². The van der Waals surface area contributed by atoms with Gasteiger partial charge in [0.1, 0.15) is 11.7 Å². The molecule has 0 saturated heterocycles. The third-order valence-corrected chi connectivity index (χ3v) is 4.83. The smallest absolute Gasteiger partial charge is 0.175 e. The summed E-state index contributed by atoms with van der Waals surface area (Å²) in [6.45, 7) is 0. The molecule has 2 saturated carbocycles. The van der Waals surface area contributed by atoms with Crippen molar-refractivity contribution in [3.8, 4) is 0 Å². The first-order chi connectivity index (χ1) is 10.1. The second-order valence-electron chi connectivity index (χ2n) is 6.04. The molecule has 0 unspecified atom stereocenters. The van der Waals surface area contributed by atoms with Gasteiger partial charge < -0.3 is 5.73 Å². The molecule has 2 fully saturated rings. The fourth-order valence-corrected chi connectivity index (χ4v) is 3.71. The minimum atomic E-state index is -1.00. The Kier molecular flexibility index (Phi) is 3.72. The number of hydrogen-bond acceptors (Lipinski definition) is 4. The van der Waals surface area contributed by atoms with Crippen LogP contribution in [0.3, 0.4) is 0 Å². The average molecular weight is 285 g/mol. The van der Waals surface area contributed by atoms with Gasteiger partial charge in [-0.25, -0.2) is 0 Å². The molecule has 4 heteroatoms. The summed E-state index contributed by atoms with van der Waals surface area (Å²) in [5.41, 5.74) is 6.42. The van der Waals surface area contributed by atoms with Crippen molar-refractivity contribution in [1.29, 1.82) is 0 Å². The van der Waals surface area contributed by atoms with Crippen LogP contribution >= 0.6 is 0 Å². The molecule has 0 bridgehead atoms. The molecule has 0 spiro atoms. The van der Waals surface area contributed by atoms with Gasteiger partial charge in [-0.2, -0.15) is 0 Å². The van der Waals surface area contributed by atoms with Gasteiger partial charge >= 0.3 is 0 Å². The molecule has 2 N–H and O–H groups in total. The van der Waals surface area contributed by atoms with E-state index >= 15 is 0 Å². The molecule has 3 rings (SSSR count). The van der Waals surface area contributed by atoms with Crippen LogP contribution in [0.25, 0.3) is 0 Å². The highest BCUT2D eigenvalue weighted by atomic mass is 16.2. The Hall–Kier alpha value is -1.81. The highest BCUT2D eigenvalue weighted by molar-refractivity contribution is 6.17. The van der Waals surface area contributed by atoms with E-state index in [-0.39, 0.29) is 29.2 Å².